The van der Waals surface area contributed by atoms with Crippen molar-refractivity contribution in [3.05, 3.63) is 0 Å². The van der Waals surface area contributed by atoms with Crippen LogP contribution in [0.2, 0.25) is 0 Å². The predicted molar refractivity (Wildman–Crippen MR) is 74.4 cm³/mol. The molecular weight excluding hydrogens is 208 g/mol. The summed E-state index contributed by atoms with van der Waals surface area (Å²) in [5, 5.41) is 3.64. The fourth-order valence-corrected chi connectivity index (χ4v) is 3.84. The van der Waals surface area contributed by atoms with Crippen molar-refractivity contribution in [2.45, 2.75) is 83.3 Å². The molecule has 0 aromatic carbocycles. The third kappa shape index (κ3) is 3.45. The van der Waals surface area contributed by atoms with Gasteiger partial charge in [-0.2, -0.15) is 0 Å². The van der Waals surface area contributed by atoms with Gasteiger partial charge in [-0.3, -0.25) is 4.90 Å². The Kier molecular flexibility index (Phi) is 5.30. The smallest absolute Gasteiger partial charge is 0.0249 e. The molecule has 17 heavy (non-hydrogen) atoms. The maximum absolute atomic E-state index is 3.64. The number of likely N-dealkylation sites (N-methyl/N-ethyl adjacent to an activating group) is 1. The third-order valence-corrected chi connectivity index (χ3v) is 4.74. The lowest BCUT2D eigenvalue weighted by Gasteiger charge is -2.45. The number of piperidine rings is 1. The summed E-state index contributed by atoms with van der Waals surface area (Å²) in [5.74, 6) is 0. The van der Waals surface area contributed by atoms with E-state index in [4.69, 9.17) is 0 Å². The molecule has 1 N–H and O–H groups in total. The molecule has 2 atom stereocenters. The molecule has 0 amide bonds. The molecule has 2 heteroatoms. The van der Waals surface area contributed by atoms with Crippen LogP contribution in [0.15, 0.2) is 0 Å². The second-order valence-corrected chi connectivity index (χ2v) is 5.94. The Balaban J connectivity index is 1.95. The van der Waals surface area contributed by atoms with Crippen molar-refractivity contribution in [2.24, 2.45) is 0 Å². The highest BCUT2D eigenvalue weighted by Gasteiger charge is 2.32. The predicted octanol–water partition coefficient (Wildman–Crippen LogP) is 3.17. The Morgan fingerprint density at radius 2 is 1.76 bits per heavy atom. The first-order valence-electron chi connectivity index (χ1n) is 7.82. The van der Waals surface area contributed by atoms with Crippen LogP contribution in [0.3, 0.4) is 0 Å². The van der Waals surface area contributed by atoms with E-state index < -0.39 is 0 Å². The van der Waals surface area contributed by atoms with Gasteiger partial charge in [0.05, 0.1) is 0 Å². The SMILES string of the molecule is CCNC(C)C1CCCCN1C1CCCCC1. The van der Waals surface area contributed by atoms with Crippen LogP contribution in [-0.4, -0.2) is 36.1 Å². The molecule has 0 spiro atoms. The van der Waals surface area contributed by atoms with E-state index in [2.05, 4.69) is 24.1 Å². The summed E-state index contributed by atoms with van der Waals surface area (Å²) in [6.45, 7) is 7.07. The van der Waals surface area contributed by atoms with E-state index in [9.17, 15) is 0 Å². The Bertz CT molecular complexity index is 211. The highest BCUT2D eigenvalue weighted by molar-refractivity contribution is 4.89. The van der Waals surface area contributed by atoms with E-state index in [-0.39, 0.29) is 0 Å². The van der Waals surface area contributed by atoms with Crippen molar-refractivity contribution in [1.29, 1.82) is 0 Å². The van der Waals surface area contributed by atoms with E-state index >= 15 is 0 Å². The number of likely N-dealkylation sites (tertiary alicyclic amines) is 1. The molecule has 2 fully saturated rings. The number of nitrogens with zero attached hydrogens (tertiary/aromatic N) is 1. The van der Waals surface area contributed by atoms with E-state index in [1.807, 2.05) is 0 Å². The van der Waals surface area contributed by atoms with Crippen LogP contribution in [0.1, 0.15) is 65.2 Å². The van der Waals surface area contributed by atoms with Crippen LogP contribution in [0, 0.1) is 0 Å². The third-order valence-electron chi connectivity index (χ3n) is 4.74. The van der Waals surface area contributed by atoms with Gasteiger partial charge < -0.3 is 5.32 Å². The average Bonchev–Trinajstić information content (AvgIpc) is 2.40. The molecule has 2 aliphatic rings. The first kappa shape index (κ1) is 13.4. The molecule has 1 heterocycles. The highest BCUT2D eigenvalue weighted by Crippen LogP contribution is 2.29. The summed E-state index contributed by atoms with van der Waals surface area (Å²) in [6, 6.07) is 2.36. The molecule has 2 nitrogen and oxygen atoms in total. The maximum Gasteiger partial charge on any atom is 0.0249 e. The van der Waals surface area contributed by atoms with Gasteiger partial charge in [0.2, 0.25) is 0 Å². The second-order valence-electron chi connectivity index (χ2n) is 5.94. The van der Waals surface area contributed by atoms with Gasteiger partial charge in [0.1, 0.15) is 0 Å². The lowest BCUT2D eigenvalue weighted by molar-refractivity contribution is 0.0547. The topological polar surface area (TPSA) is 15.3 Å². The summed E-state index contributed by atoms with van der Waals surface area (Å²) in [4.78, 5) is 2.86. The number of hydrogen-bond donors (Lipinski definition) is 1. The number of rotatable bonds is 4. The zero-order chi connectivity index (χ0) is 12.1. The van der Waals surface area contributed by atoms with Crippen molar-refractivity contribution in [1.82, 2.24) is 10.2 Å². The molecule has 1 saturated carbocycles. The molecule has 0 radical (unpaired) electrons. The van der Waals surface area contributed by atoms with Gasteiger partial charge in [-0.15, -0.1) is 0 Å². The lowest BCUT2D eigenvalue weighted by atomic mass is 9.88. The monoisotopic (exact) mass is 238 g/mol. The summed E-state index contributed by atoms with van der Waals surface area (Å²) in [5.41, 5.74) is 0. The molecule has 1 aliphatic heterocycles. The van der Waals surface area contributed by atoms with Crippen LogP contribution in [0.4, 0.5) is 0 Å². The fourth-order valence-electron chi connectivity index (χ4n) is 3.84. The van der Waals surface area contributed by atoms with Crippen molar-refractivity contribution in [3.8, 4) is 0 Å². The first-order valence-corrected chi connectivity index (χ1v) is 7.82. The summed E-state index contributed by atoms with van der Waals surface area (Å²) < 4.78 is 0. The molecule has 1 saturated heterocycles. The van der Waals surface area contributed by atoms with Gasteiger partial charge in [0.15, 0.2) is 0 Å². The Morgan fingerprint density at radius 3 is 2.47 bits per heavy atom. The molecule has 1 aliphatic carbocycles. The molecule has 0 aromatic heterocycles. The minimum atomic E-state index is 0.669. The van der Waals surface area contributed by atoms with Crippen LogP contribution in [0.5, 0.6) is 0 Å². The molecule has 2 rings (SSSR count). The van der Waals surface area contributed by atoms with Crippen molar-refractivity contribution in [3.63, 3.8) is 0 Å². The van der Waals surface area contributed by atoms with Gasteiger partial charge in [-0.25, -0.2) is 0 Å². The second kappa shape index (κ2) is 6.75. The average molecular weight is 238 g/mol. The zero-order valence-corrected chi connectivity index (χ0v) is 11.8. The Morgan fingerprint density at radius 1 is 1.06 bits per heavy atom. The minimum Gasteiger partial charge on any atom is -0.313 e. The quantitative estimate of drug-likeness (QED) is 0.809. The molecule has 0 aromatic rings. The normalized spacial score (nSPS) is 30.4. The molecule has 0 bridgehead atoms. The fraction of sp³-hybridized carbons (Fsp3) is 1.00. The minimum absolute atomic E-state index is 0.669. The molecule has 100 valence electrons. The van der Waals surface area contributed by atoms with E-state index in [1.165, 1.54) is 57.9 Å². The number of nitrogens with one attached hydrogen (secondary N) is 1. The summed E-state index contributed by atoms with van der Waals surface area (Å²) >= 11 is 0. The van der Waals surface area contributed by atoms with E-state index in [0.29, 0.717) is 6.04 Å². The van der Waals surface area contributed by atoms with Crippen molar-refractivity contribution < 1.29 is 0 Å². The molecular formula is C15H30N2. The summed E-state index contributed by atoms with van der Waals surface area (Å²) in [7, 11) is 0. The van der Waals surface area contributed by atoms with Crippen molar-refractivity contribution in [2.75, 3.05) is 13.1 Å². The zero-order valence-electron chi connectivity index (χ0n) is 11.8. The summed E-state index contributed by atoms with van der Waals surface area (Å²) in [6.07, 6.45) is 11.6. The van der Waals surface area contributed by atoms with E-state index in [0.717, 1.165) is 18.6 Å². The van der Waals surface area contributed by atoms with Crippen LogP contribution < -0.4 is 5.32 Å². The Labute approximate surface area is 107 Å². The largest absolute Gasteiger partial charge is 0.313 e. The molecule has 2 unspecified atom stereocenters. The van der Waals surface area contributed by atoms with E-state index in [1.54, 1.807) is 0 Å². The van der Waals surface area contributed by atoms with Crippen LogP contribution >= 0.6 is 0 Å². The van der Waals surface area contributed by atoms with Crippen LogP contribution in [-0.2, 0) is 0 Å². The van der Waals surface area contributed by atoms with Gasteiger partial charge in [-0.1, -0.05) is 32.6 Å². The standard InChI is InChI=1S/C15H30N2/c1-3-16-13(2)15-11-7-8-12-17(15)14-9-5-4-6-10-14/h13-16H,3-12H2,1-2H3. The lowest BCUT2D eigenvalue weighted by Crippen LogP contribution is -2.55. The van der Waals surface area contributed by atoms with Gasteiger partial charge in [0.25, 0.3) is 0 Å². The van der Waals surface area contributed by atoms with Crippen LogP contribution in [0.25, 0.3) is 0 Å². The Hall–Kier alpha value is -0.0800. The van der Waals surface area contributed by atoms with Crippen molar-refractivity contribution >= 4 is 0 Å². The maximum atomic E-state index is 3.64. The van der Waals surface area contributed by atoms with Gasteiger partial charge in [0, 0.05) is 18.1 Å². The first-order chi connectivity index (χ1) is 8.33. The number of hydrogen-bond acceptors (Lipinski definition) is 2. The highest BCUT2D eigenvalue weighted by atomic mass is 15.2. The van der Waals surface area contributed by atoms with Gasteiger partial charge in [-0.05, 0) is 45.7 Å². The van der Waals surface area contributed by atoms with Gasteiger partial charge >= 0.3 is 0 Å².